The van der Waals surface area contributed by atoms with E-state index in [-0.39, 0.29) is 10.8 Å². The molecule has 0 saturated heterocycles. The second-order valence-electron chi connectivity index (χ2n) is 8.77. The number of pyridine rings is 1. The van der Waals surface area contributed by atoms with Gasteiger partial charge < -0.3 is 4.74 Å². The van der Waals surface area contributed by atoms with Gasteiger partial charge in [-0.15, -0.1) is 0 Å². The maximum atomic E-state index is 14.4. The van der Waals surface area contributed by atoms with Crippen LogP contribution in [-0.2, 0) is 14.8 Å². The van der Waals surface area contributed by atoms with Crippen molar-refractivity contribution < 1.29 is 13.2 Å². The van der Waals surface area contributed by atoms with Gasteiger partial charge in [-0.2, -0.15) is 0 Å². The molecule has 1 aliphatic rings. The molecule has 7 heteroatoms. The molecule has 1 aromatic heterocycles. The number of rotatable bonds is 7. The largest absolute Gasteiger partial charge is 0.357 e. The number of ether oxygens (including phenoxy) is 1. The minimum absolute atomic E-state index is 0.0178. The Bertz CT molecular complexity index is 1480. The molecule has 0 unspecified atom stereocenters. The van der Waals surface area contributed by atoms with Gasteiger partial charge in [0.2, 0.25) is 0 Å². The van der Waals surface area contributed by atoms with Crippen LogP contribution in [0.25, 0.3) is 16.6 Å². The van der Waals surface area contributed by atoms with Gasteiger partial charge in [-0.05, 0) is 41.8 Å². The maximum absolute atomic E-state index is 14.4. The summed E-state index contributed by atoms with van der Waals surface area (Å²) in [5.41, 5.74) is 2.87. The first-order chi connectivity index (χ1) is 17.5. The van der Waals surface area contributed by atoms with Gasteiger partial charge >= 0.3 is 0 Å². The second-order valence-corrected chi connectivity index (χ2v) is 11.0. The van der Waals surface area contributed by atoms with E-state index in [4.69, 9.17) is 16.3 Å². The molecule has 1 aliphatic heterocycles. The minimum Gasteiger partial charge on any atom is -0.357 e. The molecule has 184 valence electrons. The lowest BCUT2D eigenvalue weighted by molar-refractivity contribution is -0.00963. The normalized spacial score (nSPS) is 18.3. The fourth-order valence-corrected chi connectivity index (χ4v) is 6.53. The summed E-state index contributed by atoms with van der Waals surface area (Å²) in [6.45, 7) is 2.46. The molecule has 0 bridgehead atoms. The van der Waals surface area contributed by atoms with Crippen LogP contribution < -0.4 is 0 Å². The Morgan fingerprint density at radius 1 is 0.972 bits per heavy atom. The first kappa shape index (κ1) is 24.5. The van der Waals surface area contributed by atoms with Gasteiger partial charge in [-0.1, -0.05) is 85.3 Å². The Kier molecular flexibility index (Phi) is 7.10. The van der Waals surface area contributed by atoms with Crippen molar-refractivity contribution in [2.24, 2.45) is 0 Å². The number of para-hydroxylation sites is 1. The Balaban J connectivity index is 1.72. The van der Waals surface area contributed by atoms with Crippen molar-refractivity contribution in [3.63, 3.8) is 0 Å². The summed E-state index contributed by atoms with van der Waals surface area (Å²) in [5.74, 6) is -0.0178. The lowest BCUT2D eigenvalue weighted by Crippen LogP contribution is -2.44. The summed E-state index contributed by atoms with van der Waals surface area (Å²) >= 11 is 6.18. The quantitative estimate of drug-likeness (QED) is 0.268. The summed E-state index contributed by atoms with van der Waals surface area (Å²) < 4.78 is 36.5. The van der Waals surface area contributed by atoms with E-state index in [2.05, 4.69) is 17.1 Å². The van der Waals surface area contributed by atoms with Crippen LogP contribution in [0, 0.1) is 0 Å². The Morgan fingerprint density at radius 2 is 1.72 bits per heavy atom. The number of hydrogen-bond donors (Lipinski definition) is 0. The third-order valence-corrected chi connectivity index (χ3v) is 8.42. The molecule has 0 N–H and O–H groups in total. The fraction of sp³-hybridized carbons (Fsp3) is 0.207. The molecular formula is C29H27ClN2O3S. The highest BCUT2D eigenvalue weighted by Gasteiger charge is 2.40. The van der Waals surface area contributed by atoms with Crippen LogP contribution in [0.2, 0.25) is 5.02 Å². The summed E-state index contributed by atoms with van der Waals surface area (Å²) in [7, 11) is -4.04. The van der Waals surface area contributed by atoms with Crippen LogP contribution in [-0.4, -0.2) is 30.5 Å². The van der Waals surface area contributed by atoms with E-state index in [1.54, 1.807) is 36.5 Å². The molecular weight excluding hydrogens is 492 g/mol. The molecule has 5 nitrogen and oxygen atoms in total. The molecule has 0 saturated carbocycles. The maximum Gasteiger partial charge on any atom is 0.268 e. The number of allylic oxidation sites excluding steroid dienone is 1. The van der Waals surface area contributed by atoms with Crippen LogP contribution in [0.15, 0.2) is 102 Å². The third kappa shape index (κ3) is 4.76. The number of aromatic nitrogens is 1. The molecule has 2 atom stereocenters. The summed E-state index contributed by atoms with van der Waals surface area (Å²) in [5, 5.41) is 1.35. The zero-order chi connectivity index (χ0) is 25.1. The van der Waals surface area contributed by atoms with Gasteiger partial charge in [-0.3, -0.25) is 4.98 Å². The average molecular weight is 519 g/mol. The lowest BCUT2D eigenvalue weighted by atomic mass is 9.90. The number of nitrogens with zero attached hydrogens (tertiary/aromatic N) is 2. The minimum atomic E-state index is -4.04. The molecule has 0 radical (unpaired) electrons. The highest BCUT2D eigenvalue weighted by molar-refractivity contribution is 7.89. The van der Waals surface area contributed by atoms with Crippen molar-refractivity contribution in [1.82, 2.24) is 9.29 Å². The zero-order valence-electron chi connectivity index (χ0n) is 19.9. The molecule has 36 heavy (non-hydrogen) atoms. The Labute approximate surface area is 217 Å². The van der Waals surface area contributed by atoms with Gasteiger partial charge in [0.25, 0.3) is 10.0 Å². The van der Waals surface area contributed by atoms with Gasteiger partial charge in [0.1, 0.15) is 11.1 Å². The fourth-order valence-electron chi connectivity index (χ4n) is 4.64. The monoisotopic (exact) mass is 518 g/mol. The first-order valence-corrected chi connectivity index (χ1v) is 13.8. The zero-order valence-corrected chi connectivity index (χ0v) is 21.5. The Hall–Kier alpha value is -3.19. The van der Waals surface area contributed by atoms with Gasteiger partial charge in [0, 0.05) is 35.6 Å². The van der Waals surface area contributed by atoms with Crippen molar-refractivity contribution in [2.45, 2.75) is 36.8 Å². The van der Waals surface area contributed by atoms with Crippen LogP contribution in [0.5, 0.6) is 0 Å². The van der Waals surface area contributed by atoms with E-state index in [1.807, 2.05) is 55.5 Å². The standard InChI is InChI=1S/C29H27ClN2O3S/c1-2-18-35-28-20-24(21-8-4-3-5-9-21)19-26(22-13-15-25(30)16-14-22)32(28)36(33,34)27-12-6-10-23-11-7-17-31-29(23)27/h3-17,19,24,28H,2,18,20H2,1H3/t24-,28-/m1/s1. The van der Waals surface area contributed by atoms with Gasteiger partial charge in [-0.25, -0.2) is 12.7 Å². The predicted octanol–water partition coefficient (Wildman–Crippen LogP) is 6.86. The SMILES string of the molecule is CCCO[C@@H]1C[C@H](c2ccccc2)C=C(c2ccc(Cl)cc2)N1S(=O)(=O)c1cccc2cccnc12. The molecule has 3 aromatic carbocycles. The predicted molar refractivity (Wildman–Crippen MR) is 144 cm³/mol. The molecule has 0 amide bonds. The van der Waals surface area contributed by atoms with E-state index in [9.17, 15) is 8.42 Å². The highest BCUT2D eigenvalue weighted by Crippen LogP contribution is 2.41. The van der Waals surface area contributed by atoms with Crippen LogP contribution in [0.3, 0.4) is 0 Å². The van der Waals surface area contributed by atoms with Gasteiger partial charge in [0.15, 0.2) is 0 Å². The van der Waals surface area contributed by atoms with Crippen LogP contribution in [0.1, 0.15) is 36.8 Å². The van der Waals surface area contributed by atoms with E-state index < -0.39 is 16.3 Å². The lowest BCUT2D eigenvalue weighted by Gasteiger charge is -2.40. The topological polar surface area (TPSA) is 59.5 Å². The summed E-state index contributed by atoms with van der Waals surface area (Å²) in [4.78, 5) is 4.57. The molecule has 2 heterocycles. The van der Waals surface area contributed by atoms with Crippen LogP contribution >= 0.6 is 11.6 Å². The molecule has 0 spiro atoms. The third-order valence-electron chi connectivity index (χ3n) is 6.33. The average Bonchev–Trinajstić information content (AvgIpc) is 2.92. The van der Waals surface area contributed by atoms with E-state index in [0.717, 1.165) is 22.9 Å². The van der Waals surface area contributed by atoms with Gasteiger partial charge in [0.05, 0.1) is 11.2 Å². The van der Waals surface area contributed by atoms with E-state index >= 15 is 0 Å². The summed E-state index contributed by atoms with van der Waals surface area (Å²) in [6, 6.07) is 26.3. The molecule has 4 aromatic rings. The smallest absolute Gasteiger partial charge is 0.268 e. The van der Waals surface area contributed by atoms with E-state index in [1.165, 1.54) is 4.31 Å². The van der Waals surface area contributed by atoms with Crippen molar-refractivity contribution in [3.8, 4) is 0 Å². The molecule has 0 fully saturated rings. The van der Waals surface area contributed by atoms with Crippen molar-refractivity contribution in [1.29, 1.82) is 0 Å². The van der Waals surface area contributed by atoms with E-state index in [0.29, 0.717) is 29.3 Å². The summed E-state index contributed by atoms with van der Waals surface area (Å²) in [6.07, 6.45) is 4.23. The number of sulfonamides is 1. The first-order valence-electron chi connectivity index (χ1n) is 12.0. The number of fused-ring (bicyclic) bond motifs is 1. The Morgan fingerprint density at radius 3 is 2.47 bits per heavy atom. The second kappa shape index (κ2) is 10.4. The molecule has 0 aliphatic carbocycles. The van der Waals surface area contributed by atoms with Crippen molar-refractivity contribution in [2.75, 3.05) is 6.61 Å². The number of hydrogen-bond acceptors (Lipinski definition) is 4. The molecule has 5 rings (SSSR count). The number of halogens is 1. The highest BCUT2D eigenvalue weighted by atomic mass is 35.5. The van der Waals surface area contributed by atoms with Crippen molar-refractivity contribution in [3.05, 3.63) is 113 Å². The van der Waals surface area contributed by atoms with Crippen molar-refractivity contribution >= 4 is 38.2 Å². The van der Waals surface area contributed by atoms with Crippen LogP contribution in [0.4, 0.5) is 0 Å². The number of benzene rings is 3.